The third kappa shape index (κ3) is 6.69. The van der Waals surface area contributed by atoms with Crippen molar-refractivity contribution in [1.29, 1.82) is 0 Å². The van der Waals surface area contributed by atoms with Gasteiger partial charge in [-0.2, -0.15) is 0 Å². The lowest BCUT2D eigenvalue weighted by Crippen LogP contribution is -2.72. The monoisotopic (exact) mass is 782 g/mol. The van der Waals surface area contributed by atoms with Gasteiger partial charge >= 0.3 is 5.97 Å². The second kappa shape index (κ2) is 13.8. The molecule has 0 unspecified atom stereocenters. The summed E-state index contributed by atoms with van der Waals surface area (Å²) in [6.07, 6.45) is 0. The predicted molar refractivity (Wildman–Crippen MR) is 192 cm³/mol. The molecule has 0 bridgehead atoms. The smallest absolute Gasteiger partial charge is 0.327 e. The maximum atomic E-state index is 14.1. The molecule has 0 radical (unpaired) electrons. The van der Waals surface area contributed by atoms with Crippen LogP contribution in [0.2, 0.25) is 0 Å². The maximum absolute atomic E-state index is 14.1. The number of β-lactam (4-membered cyclic amide) rings is 2. The second-order valence-electron chi connectivity index (χ2n) is 14.4. The summed E-state index contributed by atoms with van der Waals surface area (Å²) in [5.74, 6) is -6.79. The molecule has 0 aromatic heterocycles. The molecular weight excluding hydrogens is 745 g/mol. The molecule has 17 nitrogen and oxygen atoms in total. The molecule has 2 aromatic carbocycles. The first kappa shape index (κ1) is 38.4. The molecule has 4 heterocycles. The zero-order chi connectivity index (χ0) is 39.6. The molecule has 6 rings (SSSR count). The van der Waals surface area contributed by atoms with Crippen molar-refractivity contribution in [3.63, 3.8) is 0 Å². The Morgan fingerprint density at radius 1 is 0.667 bits per heavy atom. The number of carboxylic acids is 1. The van der Waals surface area contributed by atoms with Crippen molar-refractivity contribution in [3.05, 3.63) is 59.7 Å². The maximum Gasteiger partial charge on any atom is 0.327 e. The number of carbonyl (C=O) groups excluding carboxylic acids is 7. The van der Waals surface area contributed by atoms with E-state index in [1.807, 2.05) is 0 Å². The zero-order valence-corrected chi connectivity index (χ0v) is 31.2. The first-order valence-corrected chi connectivity index (χ1v) is 18.5. The number of hydrogen-bond donors (Lipinski definition) is 7. The van der Waals surface area contributed by atoms with Crippen molar-refractivity contribution in [2.45, 2.75) is 91.1 Å². The van der Waals surface area contributed by atoms with Crippen LogP contribution in [0.15, 0.2) is 48.5 Å². The van der Waals surface area contributed by atoms with Crippen LogP contribution in [0.1, 0.15) is 57.8 Å². The molecule has 4 aliphatic rings. The van der Waals surface area contributed by atoms with E-state index in [4.69, 9.17) is 0 Å². The Labute approximate surface area is 316 Å². The van der Waals surface area contributed by atoms with Crippen LogP contribution in [-0.2, 0) is 38.4 Å². The Hall–Kier alpha value is -5.30. The predicted octanol–water partition coefficient (Wildman–Crippen LogP) is -0.120. The van der Waals surface area contributed by atoms with Crippen LogP contribution in [0, 0.1) is 0 Å². The molecule has 0 spiro atoms. The second-order valence-corrected chi connectivity index (χ2v) is 18.0. The van der Waals surface area contributed by atoms with Crippen molar-refractivity contribution in [1.82, 2.24) is 31.1 Å². The Balaban J connectivity index is 1.19. The fraction of sp³-hybridized carbons (Fsp3) is 0.429. The average Bonchev–Trinajstić information content (AvgIpc) is 3.52. The number of ketones is 1. The molecule has 0 aliphatic carbocycles. The van der Waals surface area contributed by atoms with E-state index in [1.54, 1.807) is 27.7 Å². The lowest BCUT2D eigenvalue weighted by atomic mass is 9.93. The van der Waals surface area contributed by atoms with Gasteiger partial charge in [-0.25, -0.2) is 4.79 Å². The number of fused-ring (bicyclic) bond motifs is 2. The number of carboxylic acid groups (broad SMARTS) is 1. The molecule has 0 saturated carbocycles. The minimum Gasteiger partial charge on any atom is -0.508 e. The number of carbonyl (C=O) groups is 8. The third-order valence-corrected chi connectivity index (χ3v) is 13.0. The fourth-order valence-electron chi connectivity index (χ4n) is 7.18. The summed E-state index contributed by atoms with van der Waals surface area (Å²) in [7, 11) is 0. The number of Topliss-reactive ketones (excluding diaryl/α,β-unsaturated/α-hetero) is 1. The van der Waals surface area contributed by atoms with Crippen LogP contribution >= 0.6 is 23.5 Å². The number of nitrogens with one attached hydrogen (secondary N) is 4. The van der Waals surface area contributed by atoms with Gasteiger partial charge in [0.05, 0.1) is 0 Å². The van der Waals surface area contributed by atoms with Crippen molar-refractivity contribution in [3.8, 4) is 11.5 Å². The summed E-state index contributed by atoms with van der Waals surface area (Å²) in [5.41, 5.74) is 0.477. The molecule has 4 fully saturated rings. The third-order valence-electron chi connectivity index (χ3n) is 9.82. The van der Waals surface area contributed by atoms with Gasteiger partial charge in [0.25, 0.3) is 5.91 Å². The van der Waals surface area contributed by atoms with Gasteiger partial charge in [0, 0.05) is 16.4 Å². The van der Waals surface area contributed by atoms with E-state index >= 15 is 0 Å². The highest BCUT2D eigenvalue weighted by Gasteiger charge is 2.66. The zero-order valence-electron chi connectivity index (χ0n) is 29.6. The minimum atomic E-state index is -1.41. The number of aromatic hydroxyl groups is 2. The highest BCUT2D eigenvalue weighted by Crippen LogP contribution is 2.52. The molecule has 2 aromatic rings. The van der Waals surface area contributed by atoms with Crippen LogP contribution in [0.4, 0.5) is 0 Å². The number of rotatable bonds is 11. The Bertz CT molecular complexity index is 1960. The summed E-state index contributed by atoms with van der Waals surface area (Å²) >= 11 is 2.46. The number of phenols is 2. The highest BCUT2D eigenvalue weighted by molar-refractivity contribution is 8.02. The SMILES string of the molecule is CC(=O)C(=O)N[C@@H](C(=O)N[C@@H]1C(=O)N2[C@@H]1SC(C)(C)[C@@H]2C(=O)N[C@@H](C(=O)N[C@@H]1C(=O)N2[C@@H]1SC(C)(C)[C@@H]2C(=O)O)c1ccc(O)cc1)c1ccc(O)cc1. The number of aliphatic carboxylic acids is 1. The van der Waals surface area contributed by atoms with Crippen molar-refractivity contribution in [2.75, 3.05) is 0 Å². The van der Waals surface area contributed by atoms with Crippen molar-refractivity contribution < 1.29 is 53.7 Å². The highest BCUT2D eigenvalue weighted by atomic mass is 32.2. The Kier molecular flexibility index (Phi) is 9.85. The summed E-state index contributed by atoms with van der Waals surface area (Å²) in [4.78, 5) is 107. The van der Waals surface area contributed by atoms with Crippen LogP contribution in [0.5, 0.6) is 11.5 Å². The standard InChI is InChI=1S/C35H38N6O11S2/c1-14(42)25(45)36-19(15-6-10-17(43)11-7-15)26(46)38-21-29(49)40-23(34(2,3)53-31(21)40)28(48)37-20(16-8-12-18(44)13-9-16)27(47)39-22-30(50)41-24(33(51)52)35(4,5)54-32(22)41/h6-13,19-24,31-32,43-44H,1-5H3,(H,36,45)(H,37,48)(H,38,46)(H,39,47)(H,51,52)/t19-,20-,21-,22-,23+,24+,31-,32-/m1/s1. The molecule has 286 valence electrons. The Morgan fingerprint density at radius 3 is 1.46 bits per heavy atom. The fourth-order valence-corrected chi connectivity index (χ4v) is 10.4. The molecule has 54 heavy (non-hydrogen) atoms. The molecule has 8 atom stereocenters. The summed E-state index contributed by atoms with van der Waals surface area (Å²) in [5, 5.41) is 38.3. The van der Waals surface area contributed by atoms with Gasteiger partial charge in [-0.1, -0.05) is 24.3 Å². The van der Waals surface area contributed by atoms with E-state index < -0.39 is 104 Å². The van der Waals surface area contributed by atoms with Gasteiger partial charge in [0.2, 0.25) is 35.3 Å². The number of hydrogen-bond acceptors (Lipinski definition) is 12. The van der Waals surface area contributed by atoms with Gasteiger partial charge in [-0.05, 0) is 63.1 Å². The van der Waals surface area contributed by atoms with Gasteiger partial charge < -0.3 is 46.4 Å². The summed E-state index contributed by atoms with van der Waals surface area (Å²) < 4.78 is -1.80. The van der Waals surface area contributed by atoms with Crippen LogP contribution in [0.25, 0.3) is 0 Å². The molecule has 4 saturated heterocycles. The summed E-state index contributed by atoms with van der Waals surface area (Å²) in [6, 6.07) is 3.53. The van der Waals surface area contributed by atoms with E-state index in [1.165, 1.54) is 81.9 Å². The quantitative estimate of drug-likeness (QED) is 0.116. The first-order chi connectivity index (χ1) is 25.2. The number of nitrogens with zero attached hydrogens (tertiary/aromatic N) is 2. The van der Waals surface area contributed by atoms with Gasteiger partial charge in [-0.15, -0.1) is 23.5 Å². The lowest BCUT2D eigenvalue weighted by Gasteiger charge is -2.45. The van der Waals surface area contributed by atoms with E-state index in [-0.39, 0.29) is 22.6 Å². The van der Waals surface area contributed by atoms with Gasteiger partial charge in [-0.3, -0.25) is 33.6 Å². The number of amides is 6. The normalized spacial score (nSPS) is 26.9. The molecular formula is C35H38N6O11S2. The lowest BCUT2D eigenvalue weighted by molar-refractivity contribution is -0.161. The van der Waals surface area contributed by atoms with Crippen molar-refractivity contribution >= 4 is 70.7 Å². The van der Waals surface area contributed by atoms with E-state index in [2.05, 4.69) is 21.3 Å². The molecule has 19 heteroatoms. The van der Waals surface area contributed by atoms with E-state index in [0.29, 0.717) is 0 Å². The molecule has 6 amide bonds. The Morgan fingerprint density at radius 2 is 1.06 bits per heavy atom. The van der Waals surface area contributed by atoms with E-state index in [0.717, 1.165) is 6.92 Å². The molecule has 7 N–H and O–H groups in total. The van der Waals surface area contributed by atoms with Gasteiger partial charge in [0.1, 0.15) is 58.5 Å². The average molecular weight is 783 g/mol. The van der Waals surface area contributed by atoms with Crippen LogP contribution in [0.3, 0.4) is 0 Å². The van der Waals surface area contributed by atoms with Crippen LogP contribution in [-0.4, -0.2) is 117 Å². The topological polar surface area (TPSA) is 252 Å². The molecule has 4 aliphatic heterocycles. The first-order valence-electron chi connectivity index (χ1n) is 16.8. The summed E-state index contributed by atoms with van der Waals surface area (Å²) in [6.45, 7) is 7.85. The number of thioether (sulfide) groups is 2. The van der Waals surface area contributed by atoms with Crippen LogP contribution < -0.4 is 21.3 Å². The largest absolute Gasteiger partial charge is 0.508 e. The number of phenolic OH excluding ortho intramolecular Hbond substituents is 2. The number of benzene rings is 2. The van der Waals surface area contributed by atoms with Gasteiger partial charge in [0.15, 0.2) is 0 Å². The minimum absolute atomic E-state index is 0.103. The van der Waals surface area contributed by atoms with Crippen molar-refractivity contribution in [2.24, 2.45) is 0 Å². The van der Waals surface area contributed by atoms with E-state index in [9.17, 15) is 53.7 Å².